The van der Waals surface area contributed by atoms with Gasteiger partial charge in [0, 0.05) is 31.6 Å². The van der Waals surface area contributed by atoms with Crippen LogP contribution in [0.3, 0.4) is 0 Å². The van der Waals surface area contributed by atoms with E-state index in [0.717, 1.165) is 13.2 Å². The minimum atomic E-state index is -5.37. The van der Waals surface area contributed by atoms with E-state index >= 15 is 0 Å². The number of methoxy groups -OCH3 is 1. The molecule has 4 N–H and O–H groups in total. The molecule has 1 saturated heterocycles. The Labute approximate surface area is 256 Å². The SMILES string of the molecule is CNC(=O)c1ccc(NCC#Cc2cc3c(N[C@@H]4CCNC[C@@H]4F)cccn3c2SC(F)(F)F)c(OC)c1OC(=O)C(F)(F)F. The molecule has 45 heavy (non-hydrogen) atoms. The molecule has 2 aromatic heterocycles. The number of aromatic nitrogens is 1. The maximum absolute atomic E-state index is 14.4. The van der Waals surface area contributed by atoms with Crippen LogP contribution in [0.25, 0.3) is 5.52 Å². The average Bonchev–Trinajstić information content (AvgIpc) is 3.32. The lowest BCUT2D eigenvalue weighted by atomic mass is 10.0. The summed E-state index contributed by atoms with van der Waals surface area (Å²) in [7, 11) is 2.28. The molecular formula is C28H26F7N5O4S. The van der Waals surface area contributed by atoms with Gasteiger partial charge in [0.1, 0.15) is 11.2 Å². The number of nitrogens with one attached hydrogen (secondary N) is 4. The first-order valence-electron chi connectivity index (χ1n) is 13.2. The fraction of sp³-hybridized carbons (Fsp3) is 0.357. The van der Waals surface area contributed by atoms with Gasteiger partial charge in [0.25, 0.3) is 5.91 Å². The van der Waals surface area contributed by atoms with Gasteiger partial charge in [-0.15, -0.1) is 0 Å². The zero-order chi connectivity index (χ0) is 32.9. The standard InChI is InChI=1S/C28H26F7N5O4S/c1-36-24(41)16-7-8-20(23(43-2)22(16)44-26(42)27(30,31)32)38-10-3-5-15-13-21-19(39-18-9-11-37-14-17(18)29)6-4-12-40(21)25(15)45-28(33,34)35/h4,6-8,12-13,17-18,37-39H,9-11,14H2,1-2H3,(H,36,41)/t17-,18+/m0/s1. The highest BCUT2D eigenvalue weighted by Crippen LogP contribution is 2.41. The van der Waals surface area contributed by atoms with E-state index in [1.54, 1.807) is 6.07 Å². The van der Waals surface area contributed by atoms with Crippen LogP contribution in [0.15, 0.2) is 41.6 Å². The molecule has 4 rings (SSSR count). The Kier molecular flexibility index (Phi) is 10.3. The number of amides is 1. The Morgan fingerprint density at radius 1 is 1.13 bits per heavy atom. The molecule has 1 aliphatic heterocycles. The average molecular weight is 662 g/mol. The zero-order valence-corrected chi connectivity index (χ0v) is 24.4. The maximum Gasteiger partial charge on any atom is 0.491 e. The van der Waals surface area contributed by atoms with Crippen molar-refractivity contribution in [2.45, 2.75) is 35.3 Å². The quantitative estimate of drug-likeness (QED) is 0.0884. The molecule has 9 nitrogen and oxygen atoms in total. The molecule has 1 aliphatic rings. The summed E-state index contributed by atoms with van der Waals surface area (Å²) in [6.45, 7) is 0.466. The smallest absolute Gasteiger partial charge is 0.491 e. The van der Waals surface area contributed by atoms with E-state index < -0.39 is 52.8 Å². The molecule has 1 amide bonds. The third-order valence-electron chi connectivity index (χ3n) is 6.53. The summed E-state index contributed by atoms with van der Waals surface area (Å²) in [5, 5.41) is 10.8. The lowest BCUT2D eigenvalue weighted by Gasteiger charge is -2.28. The van der Waals surface area contributed by atoms with Crippen molar-refractivity contribution in [3.8, 4) is 23.3 Å². The molecule has 0 bridgehead atoms. The van der Waals surface area contributed by atoms with E-state index in [9.17, 15) is 40.3 Å². The minimum absolute atomic E-state index is 0.0113. The van der Waals surface area contributed by atoms with Crippen molar-refractivity contribution in [2.75, 3.05) is 44.4 Å². The van der Waals surface area contributed by atoms with E-state index in [0.29, 0.717) is 24.2 Å². The van der Waals surface area contributed by atoms with Gasteiger partial charge in [0.15, 0.2) is 11.5 Å². The lowest BCUT2D eigenvalue weighted by Crippen LogP contribution is -2.45. The number of carbonyl (C=O) groups excluding carboxylic acids is 2. The summed E-state index contributed by atoms with van der Waals surface area (Å²) >= 11 is -0.375. The fourth-order valence-corrected chi connectivity index (χ4v) is 5.23. The number of hydrogen-bond donors (Lipinski definition) is 4. The Balaban J connectivity index is 1.65. The Morgan fingerprint density at radius 3 is 2.53 bits per heavy atom. The van der Waals surface area contributed by atoms with Gasteiger partial charge in [-0.25, -0.2) is 9.18 Å². The molecular weight excluding hydrogens is 635 g/mol. The van der Waals surface area contributed by atoms with Crippen LogP contribution in [-0.2, 0) is 4.79 Å². The number of pyridine rings is 1. The number of ether oxygens (including phenoxy) is 2. The maximum atomic E-state index is 14.4. The number of alkyl halides is 7. The van der Waals surface area contributed by atoms with Crippen LogP contribution in [-0.4, -0.2) is 74.0 Å². The van der Waals surface area contributed by atoms with Crippen molar-refractivity contribution in [3.05, 3.63) is 47.7 Å². The highest BCUT2D eigenvalue weighted by molar-refractivity contribution is 8.00. The molecule has 0 saturated carbocycles. The molecule has 1 fully saturated rings. The number of fused-ring (bicyclic) bond motifs is 1. The number of carbonyl (C=O) groups is 2. The van der Waals surface area contributed by atoms with Gasteiger partial charge in [-0.1, -0.05) is 11.8 Å². The van der Waals surface area contributed by atoms with Gasteiger partial charge in [0.2, 0.25) is 0 Å². The van der Waals surface area contributed by atoms with E-state index in [-0.39, 0.29) is 41.1 Å². The summed E-state index contributed by atoms with van der Waals surface area (Å²) in [5.74, 6) is 0.663. The van der Waals surface area contributed by atoms with Crippen LogP contribution in [0.5, 0.6) is 11.5 Å². The van der Waals surface area contributed by atoms with Crippen LogP contribution in [0.4, 0.5) is 42.1 Å². The predicted molar refractivity (Wildman–Crippen MR) is 153 cm³/mol. The number of piperidine rings is 1. The van der Waals surface area contributed by atoms with E-state index in [1.807, 2.05) is 0 Å². The van der Waals surface area contributed by atoms with Crippen LogP contribution < -0.4 is 30.7 Å². The summed E-state index contributed by atoms with van der Waals surface area (Å²) in [4.78, 5) is 23.8. The number of halogens is 7. The number of nitrogens with zero attached hydrogens (tertiary/aromatic N) is 1. The number of thioether (sulfide) groups is 1. The second-order valence-corrected chi connectivity index (χ2v) is 10.5. The molecule has 3 heterocycles. The Hall–Kier alpha value is -4.30. The minimum Gasteiger partial charge on any atom is -0.491 e. The van der Waals surface area contributed by atoms with Crippen molar-refractivity contribution in [1.82, 2.24) is 15.0 Å². The van der Waals surface area contributed by atoms with Gasteiger partial charge >= 0.3 is 17.7 Å². The van der Waals surface area contributed by atoms with E-state index in [1.165, 1.54) is 35.8 Å². The number of anilines is 2. The second kappa shape index (κ2) is 13.8. The summed E-state index contributed by atoms with van der Waals surface area (Å²) in [6, 6.07) is 6.40. The Morgan fingerprint density at radius 2 is 1.89 bits per heavy atom. The van der Waals surface area contributed by atoms with Gasteiger partial charge < -0.3 is 35.1 Å². The third-order valence-corrected chi connectivity index (χ3v) is 7.37. The number of hydrogen-bond acceptors (Lipinski definition) is 8. The number of benzene rings is 1. The first kappa shape index (κ1) is 33.6. The van der Waals surface area contributed by atoms with Crippen molar-refractivity contribution in [3.63, 3.8) is 0 Å². The molecule has 242 valence electrons. The van der Waals surface area contributed by atoms with Crippen LogP contribution in [0.2, 0.25) is 0 Å². The van der Waals surface area contributed by atoms with E-state index in [2.05, 4.69) is 37.8 Å². The zero-order valence-electron chi connectivity index (χ0n) is 23.6. The summed E-state index contributed by atoms with van der Waals surface area (Å²) in [6.07, 6.45) is -4.68. The summed E-state index contributed by atoms with van der Waals surface area (Å²) in [5.41, 5.74) is -4.33. The van der Waals surface area contributed by atoms with Crippen molar-refractivity contribution in [1.29, 1.82) is 0 Å². The number of esters is 1. The number of rotatable bonds is 8. The van der Waals surface area contributed by atoms with Crippen molar-refractivity contribution >= 4 is 40.5 Å². The monoisotopic (exact) mass is 661 g/mol. The first-order chi connectivity index (χ1) is 21.2. The molecule has 0 aliphatic carbocycles. The molecule has 2 atom stereocenters. The van der Waals surface area contributed by atoms with E-state index in [4.69, 9.17) is 4.74 Å². The van der Waals surface area contributed by atoms with Gasteiger partial charge in [-0.3, -0.25) is 4.79 Å². The summed E-state index contributed by atoms with van der Waals surface area (Å²) < 4.78 is 105. The molecule has 1 aromatic carbocycles. The molecule has 0 unspecified atom stereocenters. The van der Waals surface area contributed by atoms with Crippen molar-refractivity contribution in [2.24, 2.45) is 0 Å². The topological polar surface area (TPSA) is 105 Å². The van der Waals surface area contributed by atoms with Gasteiger partial charge in [0.05, 0.1) is 47.7 Å². The fourth-order valence-electron chi connectivity index (χ4n) is 4.53. The van der Waals surface area contributed by atoms with Gasteiger partial charge in [-0.2, -0.15) is 26.3 Å². The molecule has 3 aromatic rings. The molecule has 0 spiro atoms. The molecule has 0 radical (unpaired) electrons. The van der Waals surface area contributed by atoms with Crippen LogP contribution in [0, 0.1) is 11.8 Å². The third kappa shape index (κ3) is 8.05. The van der Waals surface area contributed by atoms with Gasteiger partial charge in [-0.05, 0) is 43.3 Å². The Bertz CT molecular complexity index is 1630. The molecule has 17 heteroatoms. The predicted octanol–water partition coefficient (Wildman–Crippen LogP) is 4.96. The van der Waals surface area contributed by atoms with Crippen LogP contribution >= 0.6 is 11.8 Å². The normalized spacial score (nSPS) is 16.8. The largest absolute Gasteiger partial charge is 0.491 e. The lowest BCUT2D eigenvalue weighted by molar-refractivity contribution is -0.189. The highest BCUT2D eigenvalue weighted by atomic mass is 32.2. The first-order valence-corrected chi connectivity index (χ1v) is 14.0. The second-order valence-electron chi connectivity index (χ2n) is 9.49. The van der Waals surface area contributed by atoms with Crippen LogP contribution in [0.1, 0.15) is 22.3 Å². The highest BCUT2D eigenvalue weighted by Gasteiger charge is 2.42. The van der Waals surface area contributed by atoms with Crippen molar-refractivity contribution < 1.29 is 49.8 Å².